The number of anilines is 2. The fourth-order valence-corrected chi connectivity index (χ4v) is 2.65. The zero-order valence-electron chi connectivity index (χ0n) is 12.6. The normalized spacial score (nSPS) is 21.9. The molecule has 1 aliphatic heterocycles. The highest BCUT2D eigenvalue weighted by molar-refractivity contribution is 6.33. The van der Waals surface area contributed by atoms with Gasteiger partial charge in [0.1, 0.15) is 0 Å². The zero-order chi connectivity index (χ0) is 15.2. The number of rotatable bonds is 5. The van der Waals surface area contributed by atoms with Crippen LogP contribution in [0.4, 0.5) is 11.4 Å². The van der Waals surface area contributed by atoms with Crippen LogP contribution in [0.3, 0.4) is 0 Å². The number of hydrogen-bond donors (Lipinski definition) is 2. The zero-order valence-corrected chi connectivity index (χ0v) is 13.4. The Morgan fingerprint density at radius 1 is 1.43 bits per heavy atom. The van der Waals surface area contributed by atoms with Crippen molar-refractivity contribution in [3.05, 3.63) is 23.2 Å². The van der Waals surface area contributed by atoms with Gasteiger partial charge in [-0.25, -0.2) is 0 Å². The van der Waals surface area contributed by atoms with Crippen LogP contribution in [0, 0.1) is 0 Å². The molecule has 1 amide bonds. The Morgan fingerprint density at radius 3 is 2.95 bits per heavy atom. The Morgan fingerprint density at radius 2 is 2.24 bits per heavy atom. The van der Waals surface area contributed by atoms with Crippen molar-refractivity contribution in [2.24, 2.45) is 0 Å². The highest BCUT2D eigenvalue weighted by atomic mass is 35.5. The second-order valence-electron chi connectivity index (χ2n) is 5.36. The molecule has 2 unspecified atom stereocenters. The van der Waals surface area contributed by atoms with Gasteiger partial charge in [0.2, 0.25) is 5.91 Å². The Bertz CT molecular complexity index is 493. The Kier molecular flexibility index (Phi) is 5.88. The Labute approximate surface area is 131 Å². The van der Waals surface area contributed by atoms with Crippen molar-refractivity contribution in [3.8, 4) is 0 Å². The molecule has 0 radical (unpaired) electrons. The van der Waals surface area contributed by atoms with Crippen LogP contribution >= 0.6 is 11.6 Å². The van der Waals surface area contributed by atoms with Crippen molar-refractivity contribution in [1.29, 1.82) is 0 Å². The van der Waals surface area contributed by atoms with E-state index >= 15 is 0 Å². The first-order chi connectivity index (χ1) is 10.1. The monoisotopic (exact) mass is 310 g/mol. The van der Waals surface area contributed by atoms with Crippen molar-refractivity contribution >= 4 is 28.9 Å². The second kappa shape index (κ2) is 7.66. The molecule has 2 rings (SSSR count). The summed E-state index contributed by atoms with van der Waals surface area (Å²) in [5, 5.41) is 7.01. The summed E-state index contributed by atoms with van der Waals surface area (Å²) >= 11 is 6.25. The molecule has 1 fully saturated rings. The summed E-state index contributed by atoms with van der Waals surface area (Å²) < 4.78 is 5.69. The third-order valence-corrected chi connectivity index (χ3v) is 4.08. The lowest BCUT2D eigenvalue weighted by Gasteiger charge is -2.30. The minimum Gasteiger partial charge on any atom is -0.381 e. The van der Waals surface area contributed by atoms with Crippen molar-refractivity contribution in [2.75, 3.05) is 17.2 Å². The van der Waals surface area contributed by atoms with Crippen LogP contribution in [0.25, 0.3) is 0 Å². The van der Waals surface area contributed by atoms with E-state index in [0.717, 1.165) is 37.2 Å². The first-order valence-electron chi connectivity index (χ1n) is 7.59. The second-order valence-corrected chi connectivity index (χ2v) is 5.77. The Balaban J connectivity index is 2.04. The largest absolute Gasteiger partial charge is 0.381 e. The van der Waals surface area contributed by atoms with Crippen LogP contribution in [0.15, 0.2) is 18.2 Å². The predicted molar refractivity (Wildman–Crippen MR) is 87.0 cm³/mol. The number of hydrogen-bond acceptors (Lipinski definition) is 3. The first-order valence-corrected chi connectivity index (χ1v) is 7.97. The van der Waals surface area contributed by atoms with Gasteiger partial charge in [-0.1, -0.05) is 25.4 Å². The molecule has 0 saturated carbocycles. The van der Waals surface area contributed by atoms with Crippen LogP contribution in [0.2, 0.25) is 5.02 Å². The van der Waals surface area contributed by atoms with Gasteiger partial charge in [0, 0.05) is 24.8 Å². The van der Waals surface area contributed by atoms with Crippen molar-refractivity contribution in [1.82, 2.24) is 0 Å². The lowest BCUT2D eigenvalue weighted by Crippen LogP contribution is -2.33. The summed E-state index contributed by atoms with van der Waals surface area (Å²) in [6.45, 7) is 4.75. The van der Waals surface area contributed by atoms with E-state index in [0.29, 0.717) is 23.6 Å². The molecule has 4 nitrogen and oxygen atoms in total. The van der Waals surface area contributed by atoms with E-state index in [2.05, 4.69) is 17.6 Å². The number of carbonyl (C=O) groups is 1. The van der Waals surface area contributed by atoms with E-state index in [-0.39, 0.29) is 5.91 Å². The van der Waals surface area contributed by atoms with Gasteiger partial charge in [-0.3, -0.25) is 4.79 Å². The van der Waals surface area contributed by atoms with Gasteiger partial charge in [-0.05, 0) is 37.5 Å². The molecular formula is C16H23ClN2O2. The number of amides is 1. The molecule has 0 aliphatic carbocycles. The van der Waals surface area contributed by atoms with E-state index in [9.17, 15) is 4.79 Å². The van der Waals surface area contributed by atoms with Crippen LogP contribution in [0.1, 0.15) is 39.5 Å². The van der Waals surface area contributed by atoms with E-state index in [1.54, 1.807) is 0 Å². The third-order valence-electron chi connectivity index (χ3n) is 3.75. The van der Waals surface area contributed by atoms with Crippen LogP contribution in [-0.4, -0.2) is 24.7 Å². The van der Waals surface area contributed by atoms with Gasteiger partial charge in [0.15, 0.2) is 0 Å². The molecule has 21 heavy (non-hydrogen) atoms. The smallest absolute Gasteiger partial charge is 0.224 e. The number of halogens is 1. The lowest BCUT2D eigenvalue weighted by molar-refractivity contribution is -0.115. The van der Waals surface area contributed by atoms with Gasteiger partial charge in [-0.15, -0.1) is 0 Å². The molecule has 0 spiro atoms. The van der Waals surface area contributed by atoms with Crippen molar-refractivity contribution in [3.63, 3.8) is 0 Å². The van der Waals surface area contributed by atoms with Gasteiger partial charge >= 0.3 is 0 Å². The molecule has 1 aromatic carbocycles. The molecule has 1 aliphatic rings. The maximum Gasteiger partial charge on any atom is 0.224 e. The molecule has 0 bridgehead atoms. The molecule has 1 aromatic rings. The number of carbonyl (C=O) groups excluding carboxylic acids is 1. The highest BCUT2D eigenvalue weighted by Crippen LogP contribution is 2.28. The topological polar surface area (TPSA) is 50.4 Å². The van der Waals surface area contributed by atoms with Gasteiger partial charge in [0.25, 0.3) is 0 Å². The van der Waals surface area contributed by atoms with Gasteiger partial charge in [0.05, 0.1) is 16.8 Å². The maximum absolute atomic E-state index is 11.5. The first kappa shape index (κ1) is 16.1. The summed E-state index contributed by atoms with van der Waals surface area (Å²) in [4.78, 5) is 11.5. The van der Waals surface area contributed by atoms with E-state index in [1.165, 1.54) is 0 Å². The maximum atomic E-state index is 11.5. The van der Waals surface area contributed by atoms with Crippen LogP contribution in [-0.2, 0) is 9.53 Å². The van der Waals surface area contributed by atoms with Gasteiger partial charge in [-0.2, -0.15) is 0 Å². The number of benzene rings is 1. The van der Waals surface area contributed by atoms with E-state index < -0.39 is 0 Å². The SMILES string of the molecule is CCC(=O)Nc1ccc(Cl)c(NC2CCOC(CC)C2)c1. The molecule has 116 valence electrons. The minimum atomic E-state index is 0.000357. The van der Waals surface area contributed by atoms with Crippen molar-refractivity contribution < 1.29 is 9.53 Å². The Hall–Kier alpha value is -1.26. The fraction of sp³-hybridized carbons (Fsp3) is 0.562. The molecule has 2 N–H and O–H groups in total. The molecular weight excluding hydrogens is 288 g/mol. The number of ether oxygens (including phenoxy) is 1. The molecule has 1 heterocycles. The fourth-order valence-electron chi connectivity index (χ4n) is 2.48. The van der Waals surface area contributed by atoms with Crippen molar-refractivity contribution in [2.45, 2.75) is 51.7 Å². The number of nitrogens with one attached hydrogen (secondary N) is 2. The summed E-state index contributed by atoms with van der Waals surface area (Å²) in [6.07, 6.45) is 3.76. The van der Waals surface area contributed by atoms with Gasteiger partial charge < -0.3 is 15.4 Å². The predicted octanol–water partition coefficient (Wildman–Crippen LogP) is 4.06. The average Bonchev–Trinajstić information content (AvgIpc) is 2.50. The standard InChI is InChI=1S/C16H23ClN2O2/c1-3-13-9-12(7-8-21-13)18-15-10-11(5-6-14(15)17)19-16(20)4-2/h5-6,10,12-13,18H,3-4,7-9H2,1-2H3,(H,19,20). The average molecular weight is 311 g/mol. The molecule has 1 saturated heterocycles. The third kappa shape index (κ3) is 4.61. The van der Waals surface area contributed by atoms with E-state index in [1.807, 2.05) is 25.1 Å². The minimum absolute atomic E-state index is 0.000357. The van der Waals surface area contributed by atoms with Crippen LogP contribution in [0.5, 0.6) is 0 Å². The lowest BCUT2D eigenvalue weighted by atomic mass is 10.0. The molecule has 5 heteroatoms. The summed E-state index contributed by atoms with van der Waals surface area (Å²) in [5.74, 6) is 0.000357. The van der Waals surface area contributed by atoms with Crippen LogP contribution < -0.4 is 10.6 Å². The summed E-state index contributed by atoms with van der Waals surface area (Å²) in [7, 11) is 0. The highest BCUT2D eigenvalue weighted by Gasteiger charge is 2.21. The molecule has 2 atom stereocenters. The summed E-state index contributed by atoms with van der Waals surface area (Å²) in [6, 6.07) is 5.89. The van der Waals surface area contributed by atoms with E-state index in [4.69, 9.17) is 16.3 Å². The summed E-state index contributed by atoms with van der Waals surface area (Å²) in [5.41, 5.74) is 1.64. The quantitative estimate of drug-likeness (QED) is 0.862. The molecule has 0 aromatic heterocycles.